The highest BCUT2D eigenvalue weighted by molar-refractivity contribution is 5.82. The molecule has 13 heteroatoms. The Morgan fingerprint density at radius 1 is 0.875 bits per heavy atom. The monoisotopic (exact) mass is 455 g/mol. The number of carbonyl (C=O) groups excluding carboxylic acids is 2. The number of nitrogens with zero attached hydrogens (tertiary/aromatic N) is 2. The molecule has 0 aromatic heterocycles. The molecule has 1 saturated heterocycles. The van der Waals surface area contributed by atoms with E-state index in [1.807, 2.05) is 0 Å². The minimum atomic E-state index is -0.598. The molecule has 0 radical (unpaired) electrons. The molecule has 13 nitrogen and oxygen atoms in total. The maximum absolute atomic E-state index is 12.1. The normalized spacial score (nSPS) is 20.8. The zero-order chi connectivity index (χ0) is 23.9. The fourth-order valence-electron chi connectivity index (χ4n) is 3.11. The minimum Gasteiger partial charge on any atom is -0.388 e. The number of carbonyl (C=O) groups is 2. The van der Waals surface area contributed by atoms with Gasteiger partial charge in [0.05, 0.1) is 17.9 Å². The molecule has 0 bridgehead atoms. The summed E-state index contributed by atoms with van der Waals surface area (Å²) < 4.78 is 0. The molecule has 2 amide bonds. The molecule has 1 heterocycles. The molecule has 32 heavy (non-hydrogen) atoms. The van der Waals surface area contributed by atoms with Crippen molar-refractivity contribution in [1.82, 2.24) is 21.3 Å². The van der Waals surface area contributed by atoms with E-state index < -0.39 is 12.1 Å². The fourth-order valence-corrected chi connectivity index (χ4v) is 3.11. The Bertz CT molecular complexity index is 571. The van der Waals surface area contributed by atoms with E-state index in [9.17, 15) is 9.59 Å². The van der Waals surface area contributed by atoms with Crippen molar-refractivity contribution in [1.29, 1.82) is 0 Å². The predicted octanol–water partition coefficient (Wildman–Crippen LogP) is -3.99. The van der Waals surface area contributed by atoms with Crippen LogP contribution in [0.2, 0.25) is 0 Å². The first kappa shape index (κ1) is 27.6. The van der Waals surface area contributed by atoms with Crippen molar-refractivity contribution < 1.29 is 9.59 Å². The number of amidine groups is 1. The Morgan fingerprint density at radius 2 is 1.31 bits per heavy atom. The van der Waals surface area contributed by atoms with Gasteiger partial charge < -0.3 is 49.9 Å². The molecule has 1 fully saturated rings. The highest BCUT2D eigenvalue weighted by Crippen LogP contribution is 1.98. The summed E-state index contributed by atoms with van der Waals surface area (Å²) in [6.07, 6.45) is 2.40. The topological polar surface area (TPSA) is 237 Å². The molecule has 4 unspecified atom stereocenters. The van der Waals surface area contributed by atoms with Crippen LogP contribution in [0, 0.1) is 0 Å². The highest BCUT2D eigenvalue weighted by Gasteiger charge is 2.22. The van der Waals surface area contributed by atoms with E-state index in [1.54, 1.807) is 6.92 Å². The molecular formula is C19H41N11O2. The Labute approximate surface area is 189 Å². The highest BCUT2D eigenvalue weighted by atomic mass is 16.2. The van der Waals surface area contributed by atoms with Gasteiger partial charge in [-0.05, 0) is 32.6 Å². The zero-order valence-corrected chi connectivity index (χ0v) is 19.0. The van der Waals surface area contributed by atoms with Crippen LogP contribution in [0.25, 0.3) is 0 Å². The van der Waals surface area contributed by atoms with Crippen LogP contribution in [0.3, 0.4) is 0 Å². The van der Waals surface area contributed by atoms with E-state index in [0.29, 0.717) is 70.8 Å². The third-order valence-corrected chi connectivity index (χ3v) is 5.03. The van der Waals surface area contributed by atoms with Gasteiger partial charge in [-0.1, -0.05) is 0 Å². The second kappa shape index (κ2) is 15.3. The number of aliphatic imine (C=N–C) groups is 2. The van der Waals surface area contributed by atoms with E-state index in [4.69, 9.17) is 28.7 Å². The number of hydrogen-bond donors (Lipinski definition) is 9. The molecule has 1 aliphatic rings. The van der Waals surface area contributed by atoms with Crippen LogP contribution in [0.5, 0.6) is 0 Å². The Morgan fingerprint density at radius 3 is 1.69 bits per heavy atom. The van der Waals surface area contributed by atoms with Crippen molar-refractivity contribution in [3.63, 3.8) is 0 Å². The first-order valence-corrected chi connectivity index (χ1v) is 11.0. The zero-order valence-electron chi connectivity index (χ0n) is 19.0. The van der Waals surface area contributed by atoms with Crippen LogP contribution in [0.1, 0.15) is 32.6 Å². The molecule has 0 aliphatic carbocycles. The van der Waals surface area contributed by atoms with Gasteiger partial charge in [0, 0.05) is 51.4 Å². The second-order valence-corrected chi connectivity index (χ2v) is 8.03. The lowest BCUT2D eigenvalue weighted by molar-refractivity contribution is -0.123. The number of nitrogens with two attached hydrogens (primary N) is 5. The molecule has 0 saturated carbocycles. The van der Waals surface area contributed by atoms with Crippen LogP contribution in [0.15, 0.2) is 9.98 Å². The first-order chi connectivity index (χ1) is 15.2. The molecule has 0 spiro atoms. The minimum absolute atomic E-state index is 0.0308. The summed E-state index contributed by atoms with van der Waals surface area (Å²) in [4.78, 5) is 32.2. The van der Waals surface area contributed by atoms with Crippen LogP contribution >= 0.6 is 0 Å². The third kappa shape index (κ3) is 12.4. The lowest BCUT2D eigenvalue weighted by atomic mass is 10.1. The Kier molecular flexibility index (Phi) is 13.2. The number of hydrogen-bond acceptors (Lipinski definition) is 8. The standard InChI is InChI=1S/C19H41N11O2/c1-12(20)25-6-2-4-15(21)17(31)29-10-13-8-28-14(9-27-13)11-30-18(32)16(22)5-3-7-26-19(23)24/h13-16,27-28H,2-11,21-22H2,1H3,(H2,20,25)(H,29,31)(H,30,32)(H4,23,24,26). The number of amides is 2. The van der Waals surface area contributed by atoms with Crippen LogP contribution in [-0.2, 0) is 9.59 Å². The summed E-state index contributed by atoms with van der Waals surface area (Å²) in [6.45, 7) is 4.99. The largest absolute Gasteiger partial charge is 0.388 e. The van der Waals surface area contributed by atoms with E-state index in [0.717, 1.165) is 0 Å². The molecular weight excluding hydrogens is 414 g/mol. The number of rotatable bonds is 14. The third-order valence-electron chi connectivity index (χ3n) is 5.03. The molecule has 14 N–H and O–H groups in total. The van der Waals surface area contributed by atoms with E-state index >= 15 is 0 Å². The lowest BCUT2D eigenvalue weighted by Gasteiger charge is -2.32. The smallest absolute Gasteiger partial charge is 0.236 e. The molecule has 1 rings (SSSR count). The molecule has 1 aliphatic heterocycles. The molecule has 184 valence electrons. The number of piperazine rings is 1. The number of guanidine groups is 1. The molecule has 0 aromatic carbocycles. The maximum atomic E-state index is 12.1. The van der Waals surface area contributed by atoms with Gasteiger partial charge in [-0.2, -0.15) is 0 Å². The van der Waals surface area contributed by atoms with Gasteiger partial charge in [-0.25, -0.2) is 0 Å². The summed E-state index contributed by atoms with van der Waals surface area (Å²) in [5.41, 5.74) is 27.8. The van der Waals surface area contributed by atoms with Gasteiger partial charge >= 0.3 is 0 Å². The van der Waals surface area contributed by atoms with Gasteiger partial charge in [-0.15, -0.1) is 0 Å². The van der Waals surface area contributed by atoms with Gasteiger partial charge in [-0.3, -0.25) is 19.6 Å². The van der Waals surface area contributed by atoms with Gasteiger partial charge in [0.15, 0.2) is 5.96 Å². The van der Waals surface area contributed by atoms with Crippen LogP contribution < -0.4 is 49.9 Å². The van der Waals surface area contributed by atoms with Crippen molar-refractivity contribution >= 4 is 23.6 Å². The predicted molar refractivity (Wildman–Crippen MR) is 127 cm³/mol. The SMILES string of the molecule is CC(N)=NCCCC(N)C(=O)NCC1CNC(CNC(=O)C(N)CCCN=C(N)N)CN1. The van der Waals surface area contributed by atoms with Crippen LogP contribution in [-0.4, -0.2) is 87.0 Å². The van der Waals surface area contributed by atoms with E-state index in [-0.39, 0.29) is 29.9 Å². The van der Waals surface area contributed by atoms with Crippen LogP contribution in [0.4, 0.5) is 0 Å². The van der Waals surface area contributed by atoms with Crippen molar-refractivity contribution in [2.75, 3.05) is 39.3 Å². The van der Waals surface area contributed by atoms with Crippen molar-refractivity contribution in [3.05, 3.63) is 0 Å². The average Bonchev–Trinajstić information content (AvgIpc) is 2.76. The summed E-state index contributed by atoms with van der Waals surface area (Å²) >= 11 is 0. The Balaban J connectivity index is 2.16. The van der Waals surface area contributed by atoms with Crippen molar-refractivity contribution in [2.24, 2.45) is 38.7 Å². The van der Waals surface area contributed by atoms with Gasteiger partial charge in [0.1, 0.15) is 0 Å². The van der Waals surface area contributed by atoms with E-state index in [1.165, 1.54) is 0 Å². The summed E-state index contributed by atoms with van der Waals surface area (Å²) in [6, 6.07) is -1.00. The average molecular weight is 456 g/mol. The maximum Gasteiger partial charge on any atom is 0.236 e. The lowest BCUT2D eigenvalue weighted by Crippen LogP contribution is -2.61. The quantitative estimate of drug-likeness (QED) is 0.0703. The summed E-state index contributed by atoms with van der Waals surface area (Å²) in [5, 5.41) is 12.5. The number of nitrogens with one attached hydrogen (secondary N) is 4. The second-order valence-electron chi connectivity index (χ2n) is 8.03. The fraction of sp³-hybridized carbons (Fsp3) is 0.789. The molecule has 0 aromatic rings. The van der Waals surface area contributed by atoms with Gasteiger partial charge in [0.2, 0.25) is 11.8 Å². The van der Waals surface area contributed by atoms with Crippen molar-refractivity contribution in [2.45, 2.75) is 56.8 Å². The molecule has 4 atom stereocenters. The Hall–Kier alpha value is -2.48. The van der Waals surface area contributed by atoms with E-state index in [2.05, 4.69) is 31.3 Å². The van der Waals surface area contributed by atoms with Gasteiger partial charge in [0.25, 0.3) is 0 Å². The first-order valence-electron chi connectivity index (χ1n) is 11.0. The summed E-state index contributed by atoms with van der Waals surface area (Å²) in [7, 11) is 0. The van der Waals surface area contributed by atoms with Crippen molar-refractivity contribution in [3.8, 4) is 0 Å². The summed E-state index contributed by atoms with van der Waals surface area (Å²) in [5.74, 6) is 0.179.